The Hall–Kier alpha value is -2.53. The van der Waals surface area contributed by atoms with Crippen molar-refractivity contribution in [3.8, 4) is 11.5 Å². The molecule has 1 aliphatic rings. The molecule has 1 saturated carbocycles. The highest BCUT2D eigenvalue weighted by atomic mass is 16.5. The van der Waals surface area contributed by atoms with Gasteiger partial charge in [0.15, 0.2) is 11.5 Å². The second-order valence-corrected chi connectivity index (χ2v) is 7.04. The van der Waals surface area contributed by atoms with Crippen LogP contribution in [0.2, 0.25) is 0 Å². The van der Waals surface area contributed by atoms with E-state index in [9.17, 15) is 4.79 Å². The highest BCUT2D eigenvalue weighted by molar-refractivity contribution is 5.87. The largest absolute Gasteiger partial charge is 0.493 e. The lowest BCUT2D eigenvalue weighted by molar-refractivity contribution is 0.0696. The standard InChI is InChI=1S/C22H27NO4/c1-15(23-14-16-6-5-7-18(12-16)22(24)25)17-10-11-20(21(13-17)26-2)27-19-8-3-4-9-19/h5-7,10-13,15,19,23H,3-4,8-9,14H2,1-2H3,(H,24,25). The fraction of sp³-hybridized carbons (Fsp3) is 0.409. The predicted octanol–water partition coefficient (Wildman–Crippen LogP) is 4.57. The van der Waals surface area contributed by atoms with Gasteiger partial charge in [-0.25, -0.2) is 4.79 Å². The Balaban J connectivity index is 1.64. The SMILES string of the molecule is COc1cc(C(C)NCc2cccc(C(=O)O)c2)ccc1OC1CCCC1. The van der Waals surface area contributed by atoms with E-state index < -0.39 is 5.97 Å². The van der Waals surface area contributed by atoms with Gasteiger partial charge in [0.2, 0.25) is 0 Å². The number of carboxylic acids is 1. The molecule has 0 spiro atoms. The number of ether oxygens (including phenoxy) is 2. The molecule has 0 bridgehead atoms. The summed E-state index contributed by atoms with van der Waals surface area (Å²) in [7, 11) is 1.66. The van der Waals surface area contributed by atoms with Crippen LogP contribution in [-0.4, -0.2) is 24.3 Å². The molecule has 144 valence electrons. The quantitative estimate of drug-likeness (QED) is 0.714. The van der Waals surface area contributed by atoms with Crippen LogP contribution in [0.5, 0.6) is 11.5 Å². The predicted molar refractivity (Wildman–Crippen MR) is 105 cm³/mol. The van der Waals surface area contributed by atoms with Crippen LogP contribution in [0.3, 0.4) is 0 Å². The molecule has 27 heavy (non-hydrogen) atoms. The van der Waals surface area contributed by atoms with Crippen LogP contribution in [0.1, 0.15) is 60.1 Å². The number of rotatable bonds is 8. The Morgan fingerprint density at radius 1 is 1.19 bits per heavy atom. The fourth-order valence-electron chi connectivity index (χ4n) is 3.44. The Kier molecular flexibility index (Phi) is 6.35. The van der Waals surface area contributed by atoms with E-state index >= 15 is 0 Å². The summed E-state index contributed by atoms with van der Waals surface area (Å²) in [6, 6.07) is 13.1. The van der Waals surface area contributed by atoms with Gasteiger partial charge in [-0.3, -0.25) is 0 Å². The van der Waals surface area contributed by atoms with Crippen molar-refractivity contribution in [1.29, 1.82) is 0 Å². The molecule has 2 N–H and O–H groups in total. The summed E-state index contributed by atoms with van der Waals surface area (Å²) in [6.07, 6.45) is 4.97. The fourth-order valence-corrected chi connectivity index (χ4v) is 3.44. The van der Waals surface area contributed by atoms with Crippen LogP contribution in [-0.2, 0) is 6.54 Å². The zero-order valence-corrected chi connectivity index (χ0v) is 15.9. The van der Waals surface area contributed by atoms with Crippen molar-refractivity contribution in [2.24, 2.45) is 0 Å². The van der Waals surface area contributed by atoms with Crippen LogP contribution >= 0.6 is 0 Å². The number of aromatic carboxylic acids is 1. The van der Waals surface area contributed by atoms with Crippen LogP contribution in [0, 0.1) is 0 Å². The Morgan fingerprint density at radius 3 is 2.67 bits per heavy atom. The normalized spacial score (nSPS) is 15.5. The molecule has 5 nitrogen and oxygen atoms in total. The van der Waals surface area contributed by atoms with Gasteiger partial charge in [0.1, 0.15) is 0 Å². The minimum Gasteiger partial charge on any atom is -0.493 e. The number of benzene rings is 2. The third-order valence-electron chi connectivity index (χ3n) is 5.07. The molecule has 0 aliphatic heterocycles. The summed E-state index contributed by atoms with van der Waals surface area (Å²) in [5.41, 5.74) is 2.34. The molecule has 0 heterocycles. The van der Waals surface area contributed by atoms with Crippen molar-refractivity contribution in [1.82, 2.24) is 5.32 Å². The molecule has 0 aromatic heterocycles. The molecule has 1 fully saturated rings. The molecular formula is C22H27NO4. The Bertz CT molecular complexity index is 784. The summed E-state index contributed by atoms with van der Waals surface area (Å²) >= 11 is 0. The second kappa shape index (κ2) is 8.91. The van der Waals surface area contributed by atoms with Crippen molar-refractivity contribution in [2.75, 3.05) is 7.11 Å². The number of hydrogen-bond acceptors (Lipinski definition) is 4. The summed E-state index contributed by atoms with van der Waals surface area (Å²) in [5, 5.41) is 12.5. The van der Waals surface area contributed by atoms with Crippen molar-refractivity contribution < 1.29 is 19.4 Å². The number of nitrogens with one attached hydrogen (secondary N) is 1. The van der Waals surface area contributed by atoms with E-state index in [1.807, 2.05) is 18.2 Å². The first-order chi connectivity index (χ1) is 13.1. The molecule has 2 aromatic carbocycles. The number of hydrogen-bond donors (Lipinski definition) is 2. The zero-order valence-electron chi connectivity index (χ0n) is 15.9. The van der Waals surface area contributed by atoms with E-state index in [2.05, 4.69) is 18.3 Å². The van der Waals surface area contributed by atoms with Crippen molar-refractivity contribution in [3.05, 3.63) is 59.2 Å². The second-order valence-electron chi connectivity index (χ2n) is 7.04. The average Bonchev–Trinajstić information content (AvgIpc) is 3.19. The van der Waals surface area contributed by atoms with Crippen LogP contribution in [0.15, 0.2) is 42.5 Å². The molecular weight excluding hydrogens is 342 g/mol. The third kappa shape index (κ3) is 5.01. The summed E-state index contributed by atoms with van der Waals surface area (Å²) in [6.45, 7) is 2.66. The third-order valence-corrected chi connectivity index (χ3v) is 5.07. The topological polar surface area (TPSA) is 67.8 Å². The van der Waals surface area contributed by atoms with Crippen molar-refractivity contribution >= 4 is 5.97 Å². The van der Waals surface area contributed by atoms with E-state index in [1.54, 1.807) is 25.3 Å². The van der Waals surface area contributed by atoms with Crippen molar-refractivity contribution in [3.63, 3.8) is 0 Å². The number of carbonyl (C=O) groups is 1. The van der Waals surface area contributed by atoms with Crippen LogP contribution < -0.4 is 14.8 Å². The number of carboxylic acid groups (broad SMARTS) is 1. The molecule has 1 unspecified atom stereocenters. The van der Waals surface area contributed by atoms with Gasteiger partial charge in [0, 0.05) is 12.6 Å². The first-order valence-electron chi connectivity index (χ1n) is 9.47. The first-order valence-corrected chi connectivity index (χ1v) is 9.47. The Labute approximate surface area is 160 Å². The van der Waals surface area contributed by atoms with Gasteiger partial charge in [-0.1, -0.05) is 18.2 Å². The molecule has 5 heteroatoms. The van der Waals surface area contributed by atoms with Gasteiger partial charge in [-0.05, 0) is 68.0 Å². The van der Waals surface area contributed by atoms with Crippen LogP contribution in [0.25, 0.3) is 0 Å². The Morgan fingerprint density at radius 2 is 1.96 bits per heavy atom. The highest BCUT2D eigenvalue weighted by Gasteiger charge is 2.19. The first kappa shape index (κ1) is 19.2. The van der Waals surface area contributed by atoms with E-state index in [1.165, 1.54) is 12.8 Å². The summed E-state index contributed by atoms with van der Waals surface area (Å²) < 4.78 is 11.6. The molecule has 1 aliphatic carbocycles. The van der Waals surface area contributed by atoms with Crippen molar-refractivity contribution in [2.45, 2.75) is 51.3 Å². The lowest BCUT2D eigenvalue weighted by atomic mass is 10.1. The van der Waals surface area contributed by atoms with Gasteiger partial charge in [-0.15, -0.1) is 0 Å². The lowest BCUT2D eigenvalue weighted by Gasteiger charge is -2.19. The van der Waals surface area contributed by atoms with Crippen LogP contribution in [0.4, 0.5) is 0 Å². The lowest BCUT2D eigenvalue weighted by Crippen LogP contribution is -2.18. The smallest absolute Gasteiger partial charge is 0.335 e. The van der Waals surface area contributed by atoms with Gasteiger partial charge in [0.25, 0.3) is 0 Å². The minimum absolute atomic E-state index is 0.0907. The maximum atomic E-state index is 11.1. The summed E-state index contributed by atoms with van der Waals surface area (Å²) in [5.74, 6) is 0.642. The molecule has 1 atom stereocenters. The van der Waals surface area contributed by atoms with Gasteiger partial charge in [-0.2, -0.15) is 0 Å². The molecule has 0 radical (unpaired) electrons. The molecule has 3 rings (SSSR count). The average molecular weight is 369 g/mol. The van der Waals surface area contributed by atoms with E-state index in [0.717, 1.165) is 35.5 Å². The van der Waals surface area contributed by atoms with Gasteiger partial charge >= 0.3 is 5.97 Å². The highest BCUT2D eigenvalue weighted by Crippen LogP contribution is 2.33. The molecule has 0 amide bonds. The maximum absolute atomic E-state index is 11.1. The van der Waals surface area contributed by atoms with Gasteiger partial charge in [0.05, 0.1) is 18.8 Å². The maximum Gasteiger partial charge on any atom is 0.335 e. The van der Waals surface area contributed by atoms with Gasteiger partial charge < -0.3 is 19.9 Å². The minimum atomic E-state index is -0.910. The molecule has 2 aromatic rings. The van der Waals surface area contributed by atoms with E-state index in [0.29, 0.717) is 18.2 Å². The summed E-state index contributed by atoms with van der Waals surface area (Å²) in [4.78, 5) is 11.1. The molecule has 0 saturated heterocycles. The van der Waals surface area contributed by atoms with E-state index in [-0.39, 0.29) is 6.04 Å². The zero-order chi connectivity index (χ0) is 19.2. The van der Waals surface area contributed by atoms with E-state index in [4.69, 9.17) is 14.6 Å². The number of methoxy groups -OCH3 is 1. The monoisotopic (exact) mass is 369 g/mol.